The second kappa shape index (κ2) is 3.77. The van der Waals surface area contributed by atoms with Gasteiger partial charge in [0.2, 0.25) is 0 Å². The first-order chi connectivity index (χ1) is 7.19. The van der Waals surface area contributed by atoms with E-state index >= 15 is 0 Å². The summed E-state index contributed by atoms with van der Waals surface area (Å²) in [6.45, 7) is 2.09. The van der Waals surface area contributed by atoms with Gasteiger partial charge in [0.05, 0.1) is 6.42 Å². The van der Waals surface area contributed by atoms with E-state index < -0.39 is 5.97 Å². The molecule has 0 spiro atoms. The van der Waals surface area contributed by atoms with E-state index in [1.165, 1.54) is 5.69 Å². The zero-order chi connectivity index (χ0) is 10.8. The average Bonchev–Trinajstić information content (AvgIpc) is 2.58. The molecule has 2 aromatic rings. The van der Waals surface area contributed by atoms with Gasteiger partial charge in [-0.05, 0) is 35.6 Å². The van der Waals surface area contributed by atoms with Crippen LogP contribution in [0.1, 0.15) is 18.2 Å². The van der Waals surface area contributed by atoms with E-state index in [0.717, 1.165) is 22.9 Å². The lowest BCUT2D eigenvalue weighted by molar-refractivity contribution is -0.136. The van der Waals surface area contributed by atoms with Gasteiger partial charge in [-0.2, -0.15) is 0 Å². The van der Waals surface area contributed by atoms with Crippen LogP contribution in [0.15, 0.2) is 24.3 Å². The Morgan fingerprint density at radius 1 is 1.40 bits per heavy atom. The molecule has 1 aromatic heterocycles. The standard InChI is InChI=1S/C12H13NO2/c1-2-10-7-9-5-8(6-12(14)15)3-4-11(9)13-10/h3-5,7,13H,2,6H2,1H3,(H,14,15). The SMILES string of the molecule is CCc1cc2cc(CC(=O)O)ccc2[nH]1. The van der Waals surface area contributed by atoms with Gasteiger partial charge in [0.15, 0.2) is 0 Å². The highest BCUT2D eigenvalue weighted by atomic mass is 16.4. The average molecular weight is 203 g/mol. The summed E-state index contributed by atoms with van der Waals surface area (Å²) in [4.78, 5) is 13.8. The summed E-state index contributed by atoms with van der Waals surface area (Å²) in [7, 11) is 0. The van der Waals surface area contributed by atoms with Crippen molar-refractivity contribution >= 4 is 16.9 Å². The van der Waals surface area contributed by atoms with E-state index in [2.05, 4.69) is 18.0 Å². The predicted molar refractivity (Wildman–Crippen MR) is 59.0 cm³/mol. The van der Waals surface area contributed by atoms with Gasteiger partial charge in [-0.25, -0.2) is 0 Å². The molecule has 0 amide bonds. The van der Waals surface area contributed by atoms with E-state index in [9.17, 15) is 4.79 Å². The van der Waals surface area contributed by atoms with Crippen molar-refractivity contribution in [3.63, 3.8) is 0 Å². The van der Waals surface area contributed by atoms with Crippen LogP contribution in [0.3, 0.4) is 0 Å². The smallest absolute Gasteiger partial charge is 0.307 e. The Balaban J connectivity index is 2.41. The molecular formula is C12H13NO2. The van der Waals surface area contributed by atoms with Crippen molar-refractivity contribution in [1.29, 1.82) is 0 Å². The second-order valence-corrected chi connectivity index (χ2v) is 3.64. The van der Waals surface area contributed by atoms with Crippen LogP contribution in [0.4, 0.5) is 0 Å². The van der Waals surface area contributed by atoms with Crippen LogP contribution in [0.2, 0.25) is 0 Å². The molecule has 2 rings (SSSR count). The van der Waals surface area contributed by atoms with Crippen LogP contribution >= 0.6 is 0 Å². The van der Waals surface area contributed by atoms with Crippen LogP contribution in [-0.2, 0) is 17.6 Å². The zero-order valence-corrected chi connectivity index (χ0v) is 8.58. The molecule has 3 nitrogen and oxygen atoms in total. The van der Waals surface area contributed by atoms with E-state index in [1.807, 2.05) is 18.2 Å². The minimum atomic E-state index is -0.791. The number of aromatic amines is 1. The molecule has 78 valence electrons. The van der Waals surface area contributed by atoms with Crippen LogP contribution in [0, 0.1) is 0 Å². The molecule has 3 heteroatoms. The lowest BCUT2D eigenvalue weighted by Crippen LogP contribution is -1.99. The monoisotopic (exact) mass is 203 g/mol. The third kappa shape index (κ3) is 2.01. The summed E-state index contributed by atoms with van der Waals surface area (Å²) in [5.41, 5.74) is 3.09. The summed E-state index contributed by atoms with van der Waals surface area (Å²) in [6.07, 6.45) is 1.05. The molecule has 1 heterocycles. The molecule has 0 radical (unpaired) electrons. The van der Waals surface area contributed by atoms with Gasteiger partial charge in [0, 0.05) is 11.2 Å². The molecule has 0 fully saturated rings. The van der Waals surface area contributed by atoms with Crippen LogP contribution in [0.5, 0.6) is 0 Å². The number of aryl methyl sites for hydroxylation is 1. The van der Waals surface area contributed by atoms with Gasteiger partial charge in [0.1, 0.15) is 0 Å². The topological polar surface area (TPSA) is 53.1 Å². The van der Waals surface area contributed by atoms with Crippen LogP contribution in [0.25, 0.3) is 10.9 Å². The molecular weight excluding hydrogens is 190 g/mol. The fourth-order valence-corrected chi connectivity index (χ4v) is 1.72. The lowest BCUT2D eigenvalue weighted by Gasteiger charge is -1.96. The number of nitrogens with one attached hydrogen (secondary N) is 1. The van der Waals surface area contributed by atoms with Crippen LogP contribution in [-0.4, -0.2) is 16.1 Å². The summed E-state index contributed by atoms with van der Waals surface area (Å²) in [5, 5.41) is 9.77. The molecule has 0 aliphatic heterocycles. The summed E-state index contributed by atoms with van der Waals surface area (Å²) in [5.74, 6) is -0.791. The number of aromatic nitrogens is 1. The first-order valence-corrected chi connectivity index (χ1v) is 5.01. The number of H-pyrrole nitrogens is 1. The minimum absolute atomic E-state index is 0.0859. The Morgan fingerprint density at radius 3 is 2.87 bits per heavy atom. The Labute approximate surface area is 87.7 Å². The predicted octanol–water partition coefficient (Wildman–Crippen LogP) is 2.36. The van der Waals surface area contributed by atoms with Crippen molar-refractivity contribution in [2.24, 2.45) is 0 Å². The van der Waals surface area contributed by atoms with Crippen molar-refractivity contribution in [1.82, 2.24) is 4.98 Å². The summed E-state index contributed by atoms with van der Waals surface area (Å²) in [6, 6.07) is 7.79. The number of carbonyl (C=O) groups is 1. The molecule has 15 heavy (non-hydrogen) atoms. The molecule has 0 aliphatic carbocycles. The maximum atomic E-state index is 10.6. The molecule has 0 unspecified atom stereocenters. The summed E-state index contributed by atoms with van der Waals surface area (Å²) < 4.78 is 0. The normalized spacial score (nSPS) is 10.7. The Morgan fingerprint density at radius 2 is 2.20 bits per heavy atom. The zero-order valence-electron chi connectivity index (χ0n) is 8.58. The van der Waals surface area contributed by atoms with E-state index in [1.54, 1.807) is 0 Å². The number of carboxylic acid groups (broad SMARTS) is 1. The number of benzene rings is 1. The summed E-state index contributed by atoms with van der Waals surface area (Å²) >= 11 is 0. The highest BCUT2D eigenvalue weighted by Crippen LogP contribution is 2.17. The fraction of sp³-hybridized carbons (Fsp3) is 0.250. The minimum Gasteiger partial charge on any atom is -0.481 e. The number of fused-ring (bicyclic) bond motifs is 1. The third-order valence-corrected chi connectivity index (χ3v) is 2.48. The first-order valence-electron chi connectivity index (χ1n) is 5.01. The highest BCUT2D eigenvalue weighted by Gasteiger charge is 2.03. The lowest BCUT2D eigenvalue weighted by atomic mass is 10.1. The van der Waals surface area contributed by atoms with Gasteiger partial charge < -0.3 is 10.1 Å². The van der Waals surface area contributed by atoms with Crippen LogP contribution < -0.4 is 0 Å². The number of carboxylic acids is 1. The Hall–Kier alpha value is -1.77. The van der Waals surface area contributed by atoms with Crippen molar-refractivity contribution in [2.45, 2.75) is 19.8 Å². The highest BCUT2D eigenvalue weighted by molar-refractivity contribution is 5.82. The Kier molecular flexibility index (Phi) is 2.46. The number of aliphatic carboxylic acids is 1. The third-order valence-electron chi connectivity index (χ3n) is 2.48. The van der Waals surface area contributed by atoms with Crippen molar-refractivity contribution < 1.29 is 9.90 Å². The molecule has 0 bridgehead atoms. The van der Waals surface area contributed by atoms with Gasteiger partial charge in [0.25, 0.3) is 0 Å². The maximum Gasteiger partial charge on any atom is 0.307 e. The first kappa shape index (κ1) is 9.77. The molecule has 0 aliphatic rings. The second-order valence-electron chi connectivity index (χ2n) is 3.64. The van der Waals surface area contributed by atoms with E-state index in [0.29, 0.717) is 0 Å². The number of hydrogen-bond donors (Lipinski definition) is 2. The maximum absolute atomic E-state index is 10.6. The van der Waals surface area contributed by atoms with E-state index in [-0.39, 0.29) is 6.42 Å². The van der Waals surface area contributed by atoms with Gasteiger partial charge in [-0.1, -0.05) is 13.0 Å². The van der Waals surface area contributed by atoms with Crippen molar-refractivity contribution in [2.75, 3.05) is 0 Å². The molecule has 0 saturated carbocycles. The van der Waals surface area contributed by atoms with E-state index in [4.69, 9.17) is 5.11 Å². The van der Waals surface area contributed by atoms with Gasteiger partial charge in [-0.15, -0.1) is 0 Å². The molecule has 1 aromatic carbocycles. The largest absolute Gasteiger partial charge is 0.481 e. The van der Waals surface area contributed by atoms with Gasteiger partial charge in [-0.3, -0.25) is 4.79 Å². The quantitative estimate of drug-likeness (QED) is 0.804. The number of hydrogen-bond acceptors (Lipinski definition) is 1. The van der Waals surface area contributed by atoms with Crippen molar-refractivity contribution in [3.8, 4) is 0 Å². The van der Waals surface area contributed by atoms with Gasteiger partial charge >= 0.3 is 5.97 Å². The van der Waals surface area contributed by atoms with Crippen molar-refractivity contribution in [3.05, 3.63) is 35.5 Å². The number of rotatable bonds is 3. The fourth-order valence-electron chi connectivity index (χ4n) is 1.72. The molecule has 0 atom stereocenters. The molecule has 0 saturated heterocycles. The molecule has 2 N–H and O–H groups in total. The Bertz CT molecular complexity index is 499.